The van der Waals surface area contributed by atoms with E-state index in [1.54, 1.807) is 24.0 Å². The van der Waals surface area contributed by atoms with Crippen LogP contribution in [0.15, 0.2) is 24.4 Å². The van der Waals surface area contributed by atoms with Gasteiger partial charge in [0.2, 0.25) is 0 Å². The Morgan fingerprint density at radius 1 is 1.43 bits per heavy atom. The second kappa shape index (κ2) is 7.06. The van der Waals surface area contributed by atoms with Gasteiger partial charge in [-0.25, -0.2) is 9.78 Å². The zero-order valence-electron chi connectivity index (χ0n) is 15.8. The molecule has 2 N–H and O–H groups in total. The van der Waals surface area contributed by atoms with E-state index in [1.165, 1.54) is 0 Å². The molecular weight excluding hydrogens is 364 g/mol. The van der Waals surface area contributed by atoms with Gasteiger partial charge in [-0.2, -0.15) is 0 Å². The maximum Gasteiger partial charge on any atom is 0.415 e. The van der Waals surface area contributed by atoms with Crippen LogP contribution in [0.1, 0.15) is 20.3 Å². The molecule has 0 bridgehead atoms. The molecule has 1 aromatic carbocycles. The molecule has 28 heavy (non-hydrogen) atoms. The summed E-state index contributed by atoms with van der Waals surface area (Å²) in [6.45, 7) is 5.00. The fraction of sp³-hybridized carbons (Fsp3) is 0.421. The van der Waals surface area contributed by atoms with Crippen LogP contribution in [-0.4, -0.2) is 46.9 Å². The van der Waals surface area contributed by atoms with Crippen molar-refractivity contribution in [1.82, 2.24) is 9.55 Å². The highest BCUT2D eigenvalue weighted by Crippen LogP contribution is 2.37. The van der Waals surface area contributed by atoms with Crippen LogP contribution in [-0.2, 0) is 16.1 Å². The number of nitrogens with two attached hydrogens (primary N) is 1. The quantitative estimate of drug-likeness (QED) is 0.841. The fourth-order valence-electron chi connectivity index (χ4n) is 3.34. The Hall–Kier alpha value is -3.23. The number of nitrogens with zero attached hydrogens (tertiary/aromatic N) is 3. The minimum Gasteiger partial charge on any atom is -0.491 e. The highest BCUT2D eigenvalue weighted by Gasteiger charge is 2.35. The van der Waals surface area contributed by atoms with Gasteiger partial charge in [0.05, 0.1) is 18.2 Å². The fourth-order valence-corrected chi connectivity index (χ4v) is 3.34. The van der Waals surface area contributed by atoms with Crippen LogP contribution < -0.4 is 20.1 Å². The van der Waals surface area contributed by atoms with Gasteiger partial charge in [0.25, 0.3) is 5.91 Å². The summed E-state index contributed by atoms with van der Waals surface area (Å²) in [5, 5.41) is 0. The monoisotopic (exact) mass is 386 g/mol. The second-order valence-corrected chi connectivity index (χ2v) is 6.79. The van der Waals surface area contributed by atoms with Crippen LogP contribution in [0.25, 0.3) is 11.4 Å². The van der Waals surface area contributed by atoms with Crippen LogP contribution in [0.3, 0.4) is 0 Å². The SMILES string of the molecule is CC[C@@H]1COC(=O)N1c1cn2c(n1)-c1ccc(O[C@@H](C)C(N)=O)cc1OCC2. The number of cyclic esters (lactones) is 1. The van der Waals surface area contributed by atoms with Gasteiger partial charge in [0.1, 0.15) is 30.5 Å². The number of carbonyl (C=O) groups is 2. The summed E-state index contributed by atoms with van der Waals surface area (Å²) in [5.41, 5.74) is 6.04. The Labute approximate surface area is 162 Å². The molecule has 1 saturated heterocycles. The van der Waals surface area contributed by atoms with Crippen LogP contribution in [0.2, 0.25) is 0 Å². The summed E-state index contributed by atoms with van der Waals surface area (Å²) < 4.78 is 18.5. The first-order valence-corrected chi connectivity index (χ1v) is 9.24. The van der Waals surface area contributed by atoms with Crippen molar-refractivity contribution in [1.29, 1.82) is 0 Å². The summed E-state index contributed by atoms with van der Waals surface area (Å²) >= 11 is 0. The summed E-state index contributed by atoms with van der Waals surface area (Å²) in [7, 11) is 0. The number of carbonyl (C=O) groups excluding carboxylic acids is 2. The summed E-state index contributed by atoms with van der Waals surface area (Å²) in [6.07, 6.45) is 1.51. The lowest BCUT2D eigenvalue weighted by atomic mass is 10.1. The van der Waals surface area contributed by atoms with Crippen LogP contribution in [0, 0.1) is 0 Å². The molecule has 0 aliphatic carbocycles. The average molecular weight is 386 g/mol. The maximum atomic E-state index is 12.1. The molecule has 0 saturated carbocycles. The summed E-state index contributed by atoms with van der Waals surface area (Å²) in [6, 6.07) is 5.27. The Kier molecular flexibility index (Phi) is 4.58. The highest BCUT2D eigenvalue weighted by molar-refractivity contribution is 5.89. The first-order chi connectivity index (χ1) is 13.5. The van der Waals surface area contributed by atoms with E-state index in [4.69, 9.17) is 24.9 Å². The number of amides is 2. The molecule has 0 unspecified atom stereocenters. The lowest BCUT2D eigenvalue weighted by Gasteiger charge is -2.17. The molecule has 1 aromatic heterocycles. The molecular formula is C19H22N4O5. The first-order valence-electron chi connectivity index (χ1n) is 9.24. The number of fused-ring (bicyclic) bond motifs is 3. The number of hydrogen-bond donors (Lipinski definition) is 1. The van der Waals surface area contributed by atoms with E-state index in [1.807, 2.05) is 23.8 Å². The minimum atomic E-state index is -0.746. The molecule has 0 spiro atoms. The highest BCUT2D eigenvalue weighted by atomic mass is 16.6. The molecule has 2 atom stereocenters. The second-order valence-electron chi connectivity index (χ2n) is 6.79. The number of ether oxygens (including phenoxy) is 3. The van der Waals surface area contributed by atoms with E-state index < -0.39 is 12.0 Å². The standard InChI is InChI=1S/C19H22N4O5/c1-3-12-10-27-19(25)23(12)16-9-22-6-7-26-15-8-13(28-11(2)17(20)24)4-5-14(15)18(22)21-16/h4-5,8-9,11-12H,3,6-7,10H2,1-2H3,(H2,20,24)/t11-,12+/m0/s1. The molecule has 9 nitrogen and oxygen atoms in total. The van der Waals surface area contributed by atoms with E-state index in [9.17, 15) is 9.59 Å². The topological polar surface area (TPSA) is 109 Å². The van der Waals surface area contributed by atoms with Crippen molar-refractivity contribution in [3.63, 3.8) is 0 Å². The summed E-state index contributed by atoms with van der Waals surface area (Å²) in [4.78, 5) is 29.7. The molecule has 3 heterocycles. The van der Waals surface area contributed by atoms with Gasteiger partial charge in [-0.15, -0.1) is 0 Å². The van der Waals surface area contributed by atoms with Crippen molar-refractivity contribution in [3.05, 3.63) is 24.4 Å². The Morgan fingerprint density at radius 2 is 2.25 bits per heavy atom. The van der Waals surface area contributed by atoms with E-state index in [-0.39, 0.29) is 12.1 Å². The Morgan fingerprint density at radius 3 is 3.00 bits per heavy atom. The number of anilines is 1. The lowest BCUT2D eigenvalue weighted by Crippen LogP contribution is -2.33. The Bertz CT molecular complexity index is 925. The number of benzene rings is 1. The average Bonchev–Trinajstić information content (AvgIpc) is 3.20. The van der Waals surface area contributed by atoms with Crippen LogP contribution >= 0.6 is 0 Å². The molecule has 9 heteroatoms. The van der Waals surface area contributed by atoms with Crippen LogP contribution in [0.4, 0.5) is 10.6 Å². The van der Waals surface area contributed by atoms with Crippen molar-refractivity contribution in [3.8, 4) is 22.9 Å². The largest absolute Gasteiger partial charge is 0.491 e. The van der Waals surface area contributed by atoms with E-state index in [0.717, 1.165) is 12.0 Å². The van der Waals surface area contributed by atoms with Gasteiger partial charge < -0.3 is 24.5 Å². The van der Waals surface area contributed by atoms with Crippen molar-refractivity contribution in [2.45, 2.75) is 39.0 Å². The molecule has 1 fully saturated rings. The molecule has 148 valence electrons. The number of rotatable bonds is 5. The van der Waals surface area contributed by atoms with Crippen molar-refractivity contribution < 1.29 is 23.8 Å². The van der Waals surface area contributed by atoms with Crippen molar-refractivity contribution in [2.24, 2.45) is 5.73 Å². The molecule has 2 amide bonds. The van der Waals surface area contributed by atoms with Crippen molar-refractivity contribution in [2.75, 3.05) is 18.1 Å². The molecule has 2 aromatic rings. The van der Waals surface area contributed by atoms with E-state index >= 15 is 0 Å². The third-order valence-corrected chi connectivity index (χ3v) is 4.94. The van der Waals surface area contributed by atoms with Gasteiger partial charge in [-0.05, 0) is 25.5 Å². The number of primary amides is 1. The summed E-state index contributed by atoms with van der Waals surface area (Å²) in [5.74, 6) is 1.81. The van der Waals surface area contributed by atoms with E-state index in [2.05, 4.69) is 0 Å². The predicted octanol–water partition coefficient (Wildman–Crippen LogP) is 1.93. The Balaban J connectivity index is 1.68. The normalized spacial score (nSPS) is 19.1. The minimum absolute atomic E-state index is 0.0200. The third-order valence-electron chi connectivity index (χ3n) is 4.94. The molecule has 2 aliphatic heterocycles. The molecule has 2 aliphatic rings. The zero-order chi connectivity index (χ0) is 19.8. The predicted molar refractivity (Wildman–Crippen MR) is 100 cm³/mol. The van der Waals surface area contributed by atoms with Gasteiger partial charge in [-0.3, -0.25) is 9.69 Å². The van der Waals surface area contributed by atoms with Crippen molar-refractivity contribution >= 4 is 17.8 Å². The molecule has 0 radical (unpaired) electrons. The zero-order valence-corrected chi connectivity index (χ0v) is 15.8. The number of imidazole rings is 1. The van der Waals surface area contributed by atoms with Gasteiger partial charge in [0, 0.05) is 12.3 Å². The van der Waals surface area contributed by atoms with E-state index in [0.29, 0.717) is 42.9 Å². The smallest absolute Gasteiger partial charge is 0.415 e. The van der Waals surface area contributed by atoms with Gasteiger partial charge >= 0.3 is 6.09 Å². The number of aromatic nitrogens is 2. The van der Waals surface area contributed by atoms with Crippen LogP contribution in [0.5, 0.6) is 11.5 Å². The molecule has 4 rings (SSSR count). The van der Waals surface area contributed by atoms with Gasteiger partial charge in [-0.1, -0.05) is 6.92 Å². The third kappa shape index (κ3) is 3.12. The van der Waals surface area contributed by atoms with Gasteiger partial charge in [0.15, 0.2) is 11.9 Å². The number of hydrogen-bond acceptors (Lipinski definition) is 6. The first kappa shape index (κ1) is 18.1. The lowest BCUT2D eigenvalue weighted by molar-refractivity contribution is -0.123. The maximum absolute atomic E-state index is 12.1.